The van der Waals surface area contributed by atoms with Crippen molar-refractivity contribution in [3.05, 3.63) is 18.2 Å². The van der Waals surface area contributed by atoms with Gasteiger partial charge in [-0.2, -0.15) is 0 Å². The van der Waals surface area contributed by atoms with Gasteiger partial charge in [-0.15, -0.1) is 0 Å². The second-order valence-corrected chi connectivity index (χ2v) is 7.52. The molecule has 0 atom stereocenters. The van der Waals surface area contributed by atoms with Crippen molar-refractivity contribution in [2.24, 2.45) is 0 Å². The summed E-state index contributed by atoms with van der Waals surface area (Å²) in [6.07, 6.45) is 1.22. The molecule has 19 heavy (non-hydrogen) atoms. The number of hydrogen-bond acceptors (Lipinski definition) is 6. The average molecular weight is 298 g/mol. The fraction of sp³-hybridized carbons (Fsp3) is 0.417. The van der Waals surface area contributed by atoms with E-state index in [-0.39, 0.29) is 0 Å². The quantitative estimate of drug-likeness (QED) is 0.841. The number of nitrogens with zero attached hydrogens (tertiary/aromatic N) is 2. The Morgan fingerprint density at radius 3 is 2.74 bits per heavy atom. The van der Waals surface area contributed by atoms with Gasteiger partial charge in [0.1, 0.15) is 0 Å². The molecule has 1 aliphatic rings. The molecule has 3 rings (SSSR count). The summed E-state index contributed by atoms with van der Waals surface area (Å²) in [5, 5.41) is 0.934. The van der Waals surface area contributed by atoms with E-state index in [4.69, 9.17) is 4.74 Å². The molecule has 1 fully saturated rings. The largest absolute Gasteiger partial charge is 0.378 e. The molecule has 0 aliphatic carbocycles. The molecule has 0 saturated carbocycles. The van der Waals surface area contributed by atoms with Gasteiger partial charge >= 0.3 is 0 Å². The molecule has 0 spiro atoms. The summed E-state index contributed by atoms with van der Waals surface area (Å²) in [7, 11) is -3.16. The maximum absolute atomic E-state index is 11.5. The minimum Gasteiger partial charge on any atom is -0.378 e. The Balaban J connectivity index is 2.01. The van der Waals surface area contributed by atoms with E-state index in [1.807, 2.05) is 0 Å². The first kappa shape index (κ1) is 12.8. The van der Waals surface area contributed by atoms with Crippen molar-refractivity contribution >= 4 is 36.5 Å². The lowest BCUT2D eigenvalue weighted by Crippen LogP contribution is -2.36. The molecule has 7 heteroatoms. The Morgan fingerprint density at radius 1 is 1.32 bits per heavy atom. The number of aromatic nitrogens is 1. The summed E-state index contributed by atoms with van der Waals surface area (Å²) in [4.78, 5) is 7.07. The second kappa shape index (κ2) is 4.73. The van der Waals surface area contributed by atoms with Crippen LogP contribution in [0, 0.1) is 0 Å². The first-order valence-electron chi connectivity index (χ1n) is 5.97. The number of rotatable bonds is 2. The molecule has 2 aromatic rings. The Kier molecular flexibility index (Phi) is 3.20. The van der Waals surface area contributed by atoms with E-state index in [9.17, 15) is 8.42 Å². The van der Waals surface area contributed by atoms with Crippen LogP contribution >= 0.6 is 11.3 Å². The predicted octanol–water partition coefficient (Wildman–Crippen LogP) is 1.54. The molecule has 0 amide bonds. The molecule has 102 valence electrons. The lowest BCUT2D eigenvalue weighted by molar-refractivity contribution is 0.122. The summed E-state index contributed by atoms with van der Waals surface area (Å²) in [6, 6.07) is 5.08. The van der Waals surface area contributed by atoms with Gasteiger partial charge < -0.3 is 9.64 Å². The van der Waals surface area contributed by atoms with E-state index in [0.29, 0.717) is 18.1 Å². The Hall–Kier alpha value is -1.18. The van der Waals surface area contributed by atoms with Crippen molar-refractivity contribution in [1.82, 2.24) is 4.98 Å². The van der Waals surface area contributed by atoms with Crippen LogP contribution < -0.4 is 4.90 Å². The minimum atomic E-state index is -3.16. The number of sulfone groups is 1. The second-order valence-electron chi connectivity index (χ2n) is 4.50. The highest BCUT2D eigenvalue weighted by molar-refractivity contribution is 7.90. The molecule has 0 unspecified atom stereocenters. The third-order valence-electron chi connectivity index (χ3n) is 3.06. The maximum Gasteiger partial charge on any atom is 0.186 e. The number of anilines is 1. The lowest BCUT2D eigenvalue weighted by Gasteiger charge is -2.25. The van der Waals surface area contributed by atoms with Crippen LogP contribution in [-0.4, -0.2) is 46.0 Å². The minimum absolute atomic E-state index is 0.345. The Bertz CT molecular complexity index is 703. The van der Waals surface area contributed by atoms with Crippen LogP contribution in [0.4, 0.5) is 5.13 Å². The van der Waals surface area contributed by atoms with Crippen molar-refractivity contribution in [1.29, 1.82) is 0 Å². The topological polar surface area (TPSA) is 59.5 Å². The van der Waals surface area contributed by atoms with Crippen LogP contribution in [0.1, 0.15) is 0 Å². The molecule has 0 N–H and O–H groups in total. The fourth-order valence-electron chi connectivity index (χ4n) is 2.01. The van der Waals surface area contributed by atoms with Crippen LogP contribution in [0.5, 0.6) is 0 Å². The molecule has 0 bridgehead atoms. The molecular formula is C12H14N2O3S2. The van der Waals surface area contributed by atoms with Gasteiger partial charge in [0.15, 0.2) is 15.0 Å². The van der Waals surface area contributed by atoms with Crippen LogP contribution in [-0.2, 0) is 14.6 Å². The first-order chi connectivity index (χ1) is 9.04. The standard InChI is InChI=1S/C12H14N2O3S2/c1-19(15,16)9-2-3-10-11(8-9)18-12(13-10)14-4-6-17-7-5-14/h2-3,8H,4-7H2,1H3. The SMILES string of the molecule is CS(=O)(=O)c1ccc2nc(N3CCOCC3)sc2c1. The molecule has 2 heterocycles. The monoisotopic (exact) mass is 298 g/mol. The number of benzene rings is 1. The van der Waals surface area contributed by atoms with Crippen molar-refractivity contribution in [2.45, 2.75) is 4.90 Å². The smallest absolute Gasteiger partial charge is 0.186 e. The number of hydrogen-bond donors (Lipinski definition) is 0. The zero-order valence-electron chi connectivity index (χ0n) is 10.5. The normalized spacial score (nSPS) is 17.0. The third-order valence-corrected chi connectivity index (χ3v) is 5.25. The molecule has 0 radical (unpaired) electrons. The van der Waals surface area contributed by atoms with Crippen LogP contribution in [0.25, 0.3) is 10.2 Å². The molecular weight excluding hydrogens is 284 g/mol. The molecule has 5 nitrogen and oxygen atoms in total. The highest BCUT2D eigenvalue weighted by Crippen LogP contribution is 2.30. The molecule has 1 aliphatic heterocycles. The van der Waals surface area contributed by atoms with Gasteiger partial charge in [-0.3, -0.25) is 0 Å². The van der Waals surface area contributed by atoms with Gasteiger partial charge in [-0.1, -0.05) is 11.3 Å². The van der Waals surface area contributed by atoms with Crippen molar-refractivity contribution in [3.63, 3.8) is 0 Å². The highest BCUT2D eigenvalue weighted by atomic mass is 32.2. The van der Waals surface area contributed by atoms with Crippen molar-refractivity contribution in [2.75, 3.05) is 37.5 Å². The van der Waals surface area contributed by atoms with E-state index in [2.05, 4.69) is 9.88 Å². The number of morpholine rings is 1. The van der Waals surface area contributed by atoms with E-state index in [0.717, 1.165) is 28.4 Å². The zero-order chi connectivity index (χ0) is 13.5. The van der Waals surface area contributed by atoms with Gasteiger partial charge in [0.05, 0.1) is 28.3 Å². The Labute approximate surface area is 115 Å². The third kappa shape index (κ3) is 2.58. The average Bonchev–Trinajstić information content (AvgIpc) is 2.81. The molecule has 1 saturated heterocycles. The number of fused-ring (bicyclic) bond motifs is 1. The van der Waals surface area contributed by atoms with Crippen LogP contribution in [0.15, 0.2) is 23.1 Å². The maximum atomic E-state index is 11.5. The fourth-order valence-corrected chi connectivity index (χ4v) is 3.79. The van der Waals surface area contributed by atoms with Crippen molar-refractivity contribution < 1.29 is 13.2 Å². The predicted molar refractivity (Wildman–Crippen MR) is 75.8 cm³/mol. The number of thiazole rings is 1. The van der Waals surface area contributed by atoms with Gasteiger partial charge in [-0.05, 0) is 18.2 Å². The summed E-state index contributed by atoms with van der Waals surface area (Å²) in [5.41, 5.74) is 0.846. The Morgan fingerprint density at radius 2 is 2.05 bits per heavy atom. The van der Waals surface area contributed by atoms with E-state index in [1.165, 1.54) is 17.6 Å². The lowest BCUT2D eigenvalue weighted by atomic mass is 10.3. The van der Waals surface area contributed by atoms with Gasteiger partial charge in [-0.25, -0.2) is 13.4 Å². The van der Waals surface area contributed by atoms with Gasteiger partial charge in [0, 0.05) is 19.3 Å². The van der Waals surface area contributed by atoms with E-state index < -0.39 is 9.84 Å². The summed E-state index contributed by atoms with van der Waals surface area (Å²) < 4.78 is 29.3. The summed E-state index contributed by atoms with van der Waals surface area (Å²) in [5.74, 6) is 0. The van der Waals surface area contributed by atoms with Crippen LogP contribution in [0.3, 0.4) is 0 Å². The summed E-state index contributed by atoms with van der Waals surface area (Å²) >= 11 is 1.53. The van der Waals surface area contributed by atoms with Crippen molar-refractivity contribution in [3.8, 4) is 0 Å². The van der Waals surface area contributed by atoms with Gasteiger partial charge in [0.25, 0.3) is 0 Å². The van der Waals surface area contributed by atoms with Gasteiger partial charge in [0.2, 0.25) is 0 Å². The molecule has 1 aromatic heterocycles. The zero-order valence-corrected chi connectivity index (χ0v) is 12.1. The first-order valence-corrected chi connectivity index (χ1v) is 8.68. The molecule has 1 aromatic carbocycles. The van der Waals surface area contributed by atoms with E-state index >= 15 is 0 Å². The summed E-state index contributed by atoms with van der Waals surface area (Å²) in [6.45, 7) is 3.09. The highest BCUT2D eigenvalue weighted by Gasteiger charge is 2.16. The number of ether oxygens (including phenoxy) is 1. The van der Waals surface area contributed by atoms with E-state index in [1.54, 1.807) is 18.2 Å². The van der Waals surface area contributed by atoms with Crippen LogP contribution in [0.2, 0.25) is 0 Å².